The van der Waals surface area contributed by atoms with E-state index in [0.29, 0.717) is 12.4 Å². The molecule has 0 N–H and O–H groups in total. The van der Waals surface area contributed by atoms with Crippen molar-refractivity contribution in [2.75, 3.05) is 13.4 Å². The van der Waals surface area contributed by atoms with Crippen molar-refractivity contribution < 1.29 is 14.3 Å². The van der Waals surface area contributed by atoms with Crippen LogP contribution in [0.2, 0.25) is 0 Å². The molecule has 0 aromatic rings. The highest BCUT2D eigenvalue weighted by atomic mass is 16.7. The summed E-state index contributed by atoms with van der Waals surface area (Å²) >= 11 is 0. The predicted octanol–water partition coefficient (Wildman–Crippen LogP) is 3.83. The van der Waals surface area contributed by atoms with E-state index < -0.39 is 0 Å². The van der Waals surface area contributed by atoms with E-state index >= 15 is 0 Å². The first-order valence-electron chi connectivity index (χ1n) is 6.71. The number of rotatable bonds is 12. The van der Waals surface area contributed by atoms with Gasteiger partial charge in [0.25, 0.3) is 0 Å². The van der Waals surface area contributed by atoms with Crippen molar-refractivity contribution in [1.29, 1.82) is 0 Å². The highest BCUT2D eigenvalue weighted by molar-refractivity contribution is 5.69. The normalized spacial score (nSPS) is 11.5. The van der Waals surface area contributed by atoms with Gasteiger partial charge in [0.2, 0.25) is 0 Å². The fraction of sp³-hybridized carbons (Fsp3) is 0.786. The minimum absolute atomic E-state index is 0.175. The molecular formula is C14H26O3. The number of allylic oxidation sites excluding steroid dienone is 2. The van der Waals surface area contributed by atoms with Crippen molar-refractivity contribution in [2.45, 2.75) is 58.8 Å². The van der Waals surface area contributed by atoms with Gasteiger partial charge in [-0.05, 0) is 25.3 Å². The van der Waals surface area contributed by atoms with E-state index in [9.17, 15) is 4.79 Å². The lowest BCUT2D eigenvalue weighted by atomic mass is 10.1. The highest BCUT2D eigenvalue weighted by Crippen LogP contribution is 2.07. The average Bonchev–Trinajstić information content (AvgIpc) is 2.36. The van der Waals surface area contributed by atoms with Crippen LogP contribution >= 0.6 is 0 Å². The zero-order valence-electron chi connectivity index (χ0n) is 11.2. The Balaban J connectivity index is 3.52. The number of carbonyl (C=O) groups excluding carboxylic acids is 1. The Kier molecular flexibility index (Phi) is 12.6. The summed E-state index contributed by atoms with van der Waals surface area (Å²) in [6, 6.07) is 0. The first-order chi connectivity index (χ1) is 8.35. The van der Waals surface area contributed by atoms with Crippen LogP contribution in [0, 0.1) is 0 Å². The molecule has 0 saturated heterocycles. The lowest BCUT2D eigenvalue weighted by Gasteiger charge is -2.05. The van der Waals surface area contributed by atoms with E-state index in [2.05, 4.69) is 6.92 Å². The van der Waals surface area contributed by atoms with Crippen LogP contribution in [-0.4, -0.2) is 19.7 Å². The first-order valence-corrected chi connectivity index (χ1v) is 6.71. The second-order valence-electron chi connectivity index (χ2n) is 4.10. The van der Waals surface area contributed by atoms with E-state index in [1.165, 1.54) is 25.7 Å². The Morgan fingerprint density at radius 1 is 1.06 bits per heavy atom. The summed E-state index contributed by atoms with van der Waals surface area (Å²) in [5.74, 6) is 0.400. The quantitative estimate of drug-likeness (QED) is 0.171. The van der Waals surface area contributed by atoms with Gasteiger partial charge in [0.1, 0.15) is 0 Å². The monoisotopic (exact) mass is 242 g/mol. The Hall–Kier alpha value is -0.830. The standard InChI is InChI=1S/C14H26O3/c1-3-5-6-7-8-9-10-14(12-15)17-13-16-11-4-2/h10,12H,3-9,11,13H2,1-2H3. The van der Waals surface area contributed by atoms with Crippen LogP contribution in [0.1, 0.15) is 58.8 Å². The summed E-state index contributed by atoms with van der Waals surface area (Å²) in [5, 5.41) is 0. The molecule has 0 unspecified atom stereocenters. The second-order valence-corrected chi connectivity index (χ2v) is 4.10. The summed E-state index contributed by atoms with van der Waals surface area (Å²) in [5.41, 5.74) is 0. The van der Waals surface area contributed by atoms with Gasteiger partial charge in [-0.3, -0.25) is 4.79 Å². The first kappa shape index (κ1) is 16.2. The van der Waals surface area contributed by atoms with Gasteiger partial charge < -0.3 is 9.47 Å². The smallest absolute Gasteiger partial charge is 0.189 e. The van der Waals surface area contributed by atoms with Crippen molar-refractivity contribution in [3.05, 3.63) is 11.8 Å². The van der Waals surface area contributed by atoms with Crippen LogP contribution in [-0.2, 0) is 14.3 Å². The molecule has 100 valence electrons. The van der Waals surface area contributed by atoms with Crippen LogP contribution in [0.15, 0.2) is 11.8 Å². The van der Waals surface area contributed by atoms with Gasteiger partial charge in [-0.2, -0.15) is 0 Å². The van der Waals surface area contributed by atoms with Crippen molar-refractivity contribution in [2.24, 2.45) is 0 Å². The van der Waals surface area contributed by atoms with Crippen LogP contribution in [0.5, 0.6) is 0 Å². The van der Waals surface area contributed by atoms with Gasteiger partial charge >= 0.3 is 0 Å². The fourth-order valence-corrected chi connectivity index (χ4v) is 1.45. The van der Waals surface area contributed by atoms with E-state index in [1.807, 2.05) is 13.0 Å². The molecule has 0 aromatic carbocycles. The Morgan fingerprint density at radius 2 is 1.82 bits per heavy atom. The molecule has 0 radical (unpaired) electrons. The summed E-state index contributed by atoms with van der Waals surface area (Å²) in [6.07, 6.45) is 10.7. The summed E-state index contributed by atoms with van der Waals surface area (Å²) in [4.78, 5) is 10.7. The lowest BCUT2D eigenvalue weighted by molar-refractivity contribution is -0.111. The minimum Gasteiger partial charge on any atom is -0.464 e. The van der Waals surface area contributed by atoms with Gasteiger partial charge in [-0.25, -0.2) is 0 Å². The molecule has 0 aromatic heterocycles. The predicted molar refractivity (Wildman–Crippen MR) is 69.7 cm³/mol. The van der Waals surface area contributed by atoms with Crippen molar-refractivity contribution in [3.63, 3.8) is 0 Å². The third-order valence-corrected chi connectivity index (χ3v) is 2.43. The molecule has 0 bridgehead atoms. The topological polar surface area (TPSA) is 35.5 Å². The summed E-state index contributed by atoms with van der Waals surface area (Å²) in [7, 11) is 0. The van der Waals surface area contributed by atoms with Gasteiger partial charge in [-0.1, -0.05) is 39.5 Å². The Labute approximate surface area is 105 Å². The van der Waals surface area contributed by atoms with Crippen molar-refractivity contribution in [3.8, 4) is 0 Å². The van der Waals surface area contributed by atoms with E-state index in [4.69, 9.17) is 9.47 Å². The molecule has 0 aliphatic heterocycles. The summed E-state index contributed by atoms with van der Waals surface area (Å²) in [6.45, 7) is 5.08. The van der Waals surface area contributed by atoms with Crippen LogP contribution in [0.3, 0.4) is 0 Å². The summed E-state index contributed by atoms with van der Waals surface area (Å²) < 4.78 is 10.3. The van der Waals surface area contributed by atoms with E-state index in [-0.39, 0.29) is 6.79 Å². The number of unbranched alkanes of at least 4 members (excludes halogenated alkanes) is 5. The molecule has 17 heavy (non-hydrogen) atoms. The molecule has 3 nitrogen and oxygen atoms in total. The number of hydrogen-bond acceptors (Lipinski definition) is 3. The average molecular weight is 242 g/mol. The van der Waals surface area contributed by atoms with Crippen molar-refractivity contribution in [1.82, 2.24) is 0 Å². The largest absolute Gasteiger partial charge is 0.464 e. The molecule has 0 aliphatic carbocycles. The molecule has 0 aliphatic rings. The van der Waals surface area contributed by atoms with Crippen LogP contribution in [0.4, 0.5) is 0 Å². The molecule has 0 atom stereocenters. The molecular weight excluding hydrogens is 216 g/mol. The molecule has 0 rings (SSSR count). The van der Waals surface area contributed by atoms with Gasteiger partial charge in [0.15, 0.2) is 18.8 Å². The minimum atomic E-state index is 0.175. The van der Waals surface area contributed by atoms with Gasteiger partial charge in [-0.15, -0.1) is 0 Å². The van der Waals surface area contributed by atoms with Gasteiger partial charge in [0.05, 0.1) is 6.61 Å². The van der Waals surface area contributed by atoms with E-state index in [1.54, 1.807) is 0 Å². The third-order valence-electron chi connectivity index (χ3n) is 2.43. The molecule has 0 fully saturated rings. The Bertz CT molecular complexity index is 200. The van der Waals surface area contributed by atoms with Crippen molar-refractivity contribution >= 4 is 6.29 Å². The van der Waals surface area contributed by atoms with E-state index in [0.717, 1.165) is 25.5 Å². The number of aldehydes is 1. The maximum Gasteiger partial charge on any atom is 0.189 e. The molecule has 0 saturated carbocycles. The third kappa shape index (κ3) is 11.4. The number of hydrogen-bond donors (Lipinski definition) is 0. The maximum absolute atomic E-state index is 10.7. The highest BCUT2D eigenvalue weighted by Gasteiger charge is 1.95. The maximum atomic E-state index is 10.7. The molecule has 0 amide bonds. The van der Waals surface area contributed by atoms with Gasteiger partial charge in [0, 0.05) is 0 Å². The Morgan fingerprint density at radius 3 is 2.47 bits per heavy atom. The molecule has 0 spiro atoms. The molecule has 0 heterocycles. The SMILES string of the molecule is CCCCCCCC=C(C=O)OCOCCC. The van der Waals surface area contributed by atoms with Crippen LogP contribution < -0.4 is 0 Å². The lowest BCUT2D eigenvalue weighted by Crippen LogP contribution is -2.01. The zero-order valence-corrected chi connectivity index (χ0v) is 11.2. The number of carbonyl (C=O) groups is 1. The zero-order chi connectivity index (χ0) is 12.8. The second kappa shape index (κ2) is 13.2. The van der Waals surface area contributed by atoms with Crippen LogP contribution in [0.25, 0.3) is 0 Å². The number of ether oxygens (including phenoxy) is 2. The fourth-order valence-electron chi connectivity index (χ4n) is 1.45. The molecule has 3 heteroatoms.